The van der Waals surface area contributed by atoms with Crippen LogP contribution in [0, 0.1) is 6.92 Å². The fourth-order valence-corrected chi connectivity index (χ4v) is 4.81. The van der Waals surface area contributed by atoms with E-state index in [1.165, 1.54) is 0 Å². The Balaban J connectivity index is 1.77. The van der Waals surface area contributed by atoms with E-state index < -0.39 is 37.3 Å². The van der Waals surface area contributed by atoms with Gasteiger partial charge in [-0.05, 0) is 49.1 Å². The van der Waals surface area contributed by atoms with Crippen molar-refractivity contribution in [2.24, 2.45) is 5.73 Å². The number of nitrogens with two attached hydrogens (primary N) is 1. The summed E-state index contributed by atoms with van der Waals surface area (Å²) in [4.78, 5) is 10.8. The molecular weight excluding hydrogens is 536 g/mol. The van der Waals surface area contributed by atoms with Gasteiger partial charge in [-0.25, -0.2) is 0 Å². The Morgan fingerprint density at radius 1 is 1.17 bits per heavy atom. The molecule has 1 saturated heterocycles. The minimum absolute atomic E-state index is 0.00990. The monoisotopic (exact) mass is 580 g/mol. The number of benzene rings is 1. The second-order valence-corrected chi connectivity index (χ2v) is 10.5. The summed E-state index contributed by atoms with van der Waals surface area (Å²) in [7, 11) is 0. The van der Waals surface area contributed by atoms with Crippen LogP contribution < -0.4 is 20.5 Å². The molecule has 0 saturated carbocycles. The molecule has 8 N–H and O–H groups in total. The first-order valence-electron chi connectivity index (χ1n) is 14.0. The highest BCUT2D eigenvalue weighted by molar-refractivity contribution is 5.73. The summed E-state index contributed by atoms with van der Waals surface area (Å²) in [6.07, 6.45) is -5.69. The summed E-state index contributed by atoms with van der Waals surface area (Å²) in [6, 6.07) is 5.79. The lowest BCUT2D eigenvalue weighted by Crippen LogP contribution is -2.60. The van der Waals surface area contributed by atoms with Gasteiger partial charge in [-0.15, -0.1) is 5.10 Å². The fourth-order valence-electron chi connectivity index (χ4n) is 4.81. The predicted octanol–water partition coefficient (Wildman–Crippen LogP) is -0.689. The summed E-state index contributed by atoms with van der Waals surface area (Å²) in [5.41, 5.74) is 8.65. The number of hydrogen-bond acceptors (Lipinski definition) is 11. The van der Waals surface area contributed by atoms with E-state index in [2.05, 4.69) is 10.4 Å². The molecule has 2 heterocycles. The number of rotatable bonds is 16. The number of aliphatic hydroxyl groups excluding tert-OH is 5. The molecule has 1 aliphatic heterocycles. The molecule has 0 radical (unpaired) electrons. The second kappa shape index (κ2) is 15.4. The molecule has 1 fully saturated rings. The number of carbonyl (C=O) groups excluding carboxylic acids is 1. The number of nitrogens with one attached hydrogen (secondary N) is 1. The van der Waals surface area contributed by atoms with E-state index >= 15 is 0 Å². The second-order valence-electron chi connectivity index (χ2n) is 10.5. The van der Waals surface area contributed by atoms with Crippen LogP contribution >= 0.6 is 0 Å². The van der Waals surface area contributed by atoms with Gasteiger partial charge in [-0.2, -0.15) is 0 Å². The highest BCUT2D eigenvalue weighted by Crippen LogP contribution is 2.34. The zero-order chi connectivity index (χ0) is 30.1. The molecule has 41 heavy (non-hydrogen) atoms. The van der Waals surface area contributed by atoms with Gasteiger partial charge in [0.25, 0.3) is 0 Å². The lowest BCUT2D eigenvalue weighted by Gasteiger charge is -2.39. The van der Waals surface area contributed by atoms with Gasteiger partial charge in [0.1, 0.15) is 30.2 Å². The van der Waals surface area contributed by atoms with E-state index in [4.69, 9.17) is 19.9 Å². The topological polar surface area (TPSA) is 202 Å². The Morgan fingerprint density at radius 2 is 1.93 bits per heavy atom. The van der Waals surface area contributed by atoms with Crippen LogP contribution in [0.1, 0.15) is 55.0 Å². The maximum absolute atomic E-state index is 10.8. The van der Waals surface area contributed by atoms with Gasteiger partial charge in [0.2, 0.25) is 18.1 Å². The molecule has 3 rings (SSSR count). The van der Waals surface area contributed by atoms with Gasteiger partial charge < -0.3 is 50.8 Å². The predicted molar refractivity (Wildman–Crippen MR) is 149 cm³/mol. The molecule has 5 atom stereocenters. The maximum atomic E-state index is 10.8. The van der Waals surface area contributed by atoms with E-state index in [0.29, 0.717) is 32.5 Å². The molecular formula is C28H44N4O9. The molecule has 1 aromatic carbocycles. The van der Waals surface area contributed by atoms with Crippen LogP contribution in [0.5, 0.6) is 11.6 Å². The molecule has 1 aromatic heterocycles. The Morgan fingerprint density at radius 3 is 2.56 bits per heavy atom. The van der Waals surface area contributed by atoms with Gasteiger partial charge in [-0.1, -0.05) is 19.9 Å². The molecule has 2 aromatic rings. The minimum atomic E-state index is -1.58. The van der Waals surface area contributed by atoms with Crippen LogP contribution in [0.3, 0.4) is 0 Å². The number of aryl methyl sites for hydroxylation is 1. The fraction of sp³-hybridized carbons (Fsp3) is 0.643. The number of aromatic nitrogens is 2. The largest absolute Gasteiger partial charge is 0.494 e. The zero-order valence-corrected chi connectivity index (χ0v) is 23.9. The Kier molecular flexibility index (Phi) is 12.3. The number of amides is 1. The van der Waals surface area contributed by atoms with Gasteiger partial charge in [-0.3, -0.25) is 9.48 Å². The summed E-state index contributed by atoms with van der Waals surface area (Å²) >= 11 is 0. The lowest BCUT2D eigenvalue weighted by molar-refractivity contribution is -0.278. The van der Waals surface area contributed by atoms with Crippen LogP contribution in [0.2, 0.25) is 0 Å². The summed E-state index contributed by atoms with van der Waals surface area (Å²) in [5.74, 6) is 0.560. The molecule has 0 aliphatic carbocycles. The lowest BCUT2D eigenvalue weighted by atomic mass is 9.96. The van der Waals surface area contributed by atoms with Gasteiger partial charge in [0, 0.05) is 30.6 Å². The normalized spacial score (nSPS) is 22.7. The number of aliphatic hydroxyl groups is 5. The van der Waals surface area contributed by atoms with Crippen LogP contribution in [-0.2, 0) is 22.5 Å². The van der Waals surface area contributed by atoms with Crippen molar-refractivity contribution in [1.82, 2.24) is 15.1 Å². The molecule has 1 amide bonds. The molecule has 0 unspecified atom stereocenters. The van der Waals surface area contributed by atoms with Crippen molar-refractivity contribution in [3.63, 3.8) is 0 Å². The first-order chi connectivity index (χ1) is 19.6. The van der Waals surface area contributed by atoms with Gasteiger partial charge in [0.15, 0.2) is 0 Å². The third-order valence-electron chi connectivity index (χ3n) is 6.99. The minimum Gasteiger partial charge on any atom is -0.494 e. The van der Waals surface area contributed by atoms with Crippen molar-refractivity contribution < 1.29 is 44.5 Å². The summed E-state index contributed by atoms with van der Waals surface area (Å²) < 4.78 is 19.1. The standard InChI is InChI=1S/C28H44N4O9/c1-16(2)23-20(14-18-5-6-19(13-17(18)3)39-12-4-8-30-9-7-22(29)35)27(31-32(23)10-11-33)41-28-26(38)25(37)24(36)21(15-34)40-28/h5-6,13,16,21,24-26,28,30,33-34,36-38H,4,7-12,14-15H2,1-3H3,(H2,29,35)/t21-,24-,25+,26-,28+/m1/s1. The average molecular weight is 581 g/mol. The highest BCUT2D eigenvalue weighted by Gasteiger charge is 2.45. The Bertz CT molecular complexity index is 1120. The number of primary amides is 1. The third-order valence-corrected chi connectivity index (χ3v) is 6.99. The van der Waals surface area contributed by atoms with Crippen molar-refractivity contribution in [2.45, 2.75) is 83.2 Å². The SMILES string of the molecule is Cc1cc(OCCCNCCC(N)=O)ccc1Cc1c(O[C@@H]2O[C@H](CO)[C@@H](O)[C@H](O)[C@H]2O)nn(CCO)c1C(C)C. The first kappa shape index (κ1) is 32.7. The molecule has 230 valence electrons. The molecule has 1 aliphatic rings. The van der Waals surface area contributed by atoms with Crippen molar-refractivity contribution in [3.05, 3.63) is 40.6 Å². The average Bonchev–Trinajstić information content (AvgIpc) is 3.26. The van der Waals surface area contributed by atoms with E-state index in [1.54, 1.807) is 4.68 Å². The molecule has 13 heteroatoms. The maximum Gasteiger partial charge on any atom is 0.239 e. The van der Waals surface area contributed by atoms with Crippen molar-refractivity contribution in [2.75, 3.05) is 32.9 Å². The Hall–Kier alpha value is -2.78. The molecule has 0 spiro atoms. The smallest absolute Gasteiger partial charge is 0.239 e. The zero-order valence-electron chi connectivity index (χ0n) is 23.9. The quantitative estimate of drug-likeness (QED) is 0.124. The third kappa shape index (κ3) is 8.61. The van der Waals surface area contributed by atoms with Crippen molar-refractivity contribution in [3.8, 4) is 11.6 Å². The first-order valence-corrected chi connectivity index (χ1v) is 14.0. The number of nitrogens with zero attached hydrogens (tertiary/aromatic N) is 2. The summed E-state index contributed by atoms with van der Waals surface area (Å²) in [6.45, 7) is 7.22. The van der Waals surface area contributed by atoms with Crippen molar-refractivity contribution >= 4 is 5.91 Å². The number of ether oxygens (including phenoxy) is 3. The van der Waals surface area contributed by atoms with Gasteiger partial charge >= 0.3 is 0 Å². The van der Waals surface area contributed by atoms with E-state index in [9.17, 15) is 30.3 Å². The summed E-state index contributed by atoms with van der Waals surface area (Å²) in [5, 5.41) is 57.8. The van der Waals surface area contributed by atoms with E-state index in [-0.39, 0.29) is 30.9 Å². The number of carbonyl (C=O) groups is 1. The van der Waals surface area contributed by atoms with Crippen LogP contribution in [0.4, 0.5) is 0 Å². The van der Waals surface area contributed by atoms with Crippen LogP contribution in [0.25, 0.3) is 0 Å². The van der Waals surface area contributed by atoms with Crippen LogP contribution in [0.15, 0.2) is 18.2 Å². The van der Waals surface area contributed by atoms with Crippen molar-refractivity contribution in [1.29, 1.82) is 0 Å². The molecule has 13 nitrogen and oxygen atoms in total. The Labute approximate surface area is 239 Å². The molecule has 0 bridgehead atoms. The van der Waals surface area contributed by atoms with Crippen LogP contribution in [-0.4, -0.2) is 105 Å². The van der Waals surface area contributed by atoms with E-state index in [1.807, 2.05) is 39.0 Å². The number of hydrogen-bond donors (Lipinski definition) is 7. The van der Waals surface area contributed by atoms with E-state index in [0.717, 1.165) is 34.6 Å². The highest BCUT2D eigenvalue weighted by atomic mass is 16.7. The van der Waals surface area contributed by atoms with Gasteiger partial charge in [0.05, 0.1) is 26.4 Å².